The van der Waals surface area contributed by atoms with Gasteiger partial charge in [0, 0.05) is 36.7 Å². The maximum Gasteiger partial charge on any atom is 0.249 e. The minimum absolute atomic E-state index is 0.0124. The normalized spacial score (nSPS) is 18.7. The molecular weight excluding hydrogens is 492 g/mol. The van der Waals surface area contributed by atoms with Crippen molar-refractivity contribution in [1.82, 2.24) is 10.2 Å². The number of primary amides is 2. The largest absolute Gasteiger partial charge is 0.391 e. The number of nitrogens with one attached hydrogen (secondary N) is 1. The first-order valence-electron chi connectivity index (χ1n) is 14.2. The van der Waals surface area contributed by atoms with Crippen molar-refractivity contribution in [2.24, 2.45) is 28.7 Å². The second-order valence-electron chi connectivity index (χ2n) is 11.3. The minimum Gasteiger partial charge on any atom is -0.391 e. The van der Waals surface area contributed by atoms with Crippen LogP contribution in [0.4, 0.5) is 0 Å². The molecule has 8 heteroatoms. The van der Waals surface area contributed by atoms with Crippen LogP contribution in [0.5, 0.6) is 0 Å². The minimum atomic E-state index is -1.49. The van der Waals surface area contributed by atoms with Gasteiger partial charge in [0.25, 0.3) is 0 Å². The fourth-order valence-electron chi connectivity index (χ4n) is 5.26. The van der Waals surface area contributed by atoms with Crippen LogP contribution in [0.3, 0.4) is 0 Å². The Hall–Kier alpha value is -2.97. The molecule has 0 saturated heterocycles. The average molecular weight is 541 g/mol. The van der Waals surface area contributed by atoms with Crippen LogP contribution < -0.4 is 16.8 Å². The van der Waals surface area contributed by atoms with Crippen LogP contribution in [0.25, 0.3) is 0 Å². The molecule has 0 heterocycles. The Morgan fingerprint density at radius 2 is 1.69 bits per heavy atom. The van der Waals surface area contributed by atoms with Gasteiger partial charge in [0.05, 0.1) is 11.5 Å². The van der Waals surface area contributed by atoms with E-state index in [1.807, 2.05) is 45.0 Å². The Morgan fingerprint density at radius 1 is 1.08 bits per heavy atom. The number of amides is 3. The van der Waals surface area contributed by atoms with Crippen molar-refractivity contribution in [1.29, 1.82) is 0 Å². The van der Waals surface area contributed by atoms with Gasteiger partial charge < -0.3 is 26.8 Å². The number of carbonyl (C=O) groups excluding carboxylic acids is 3. The number of hydrogen-bond acceptors (Lipinski definition) is 5. The maximum atomic E-state index is 13.7. The number of benzene rings is 1. The van der Waals surface area contributed by atoms with Crippen molar-refractivity contribution < 1.29 is 19.5 Å². The van der Waals surface area contributed by atoms with Crippen LogP contribution in [0.2, 0.25) is 0 Å². The van der Waals surface area contributed by atoms with Crippen LogP contribution in [-0.4, -0.2) is 60.0 Å². The smallest absolute Gasteiger partial charge is 0.249 e. The molecule has 3 atom stereocenters. The molecule has 1 aromatic rings. The summed E-state index contributed by atoms with van der Waals surface area (Å²) in [6.07, 6.45) is 4.80. The third kappa shape index (κ3) is 8.77. The summed E-state index contributed by atoms with van der Waals surface area (Å²) in [6.45, 7) is 12.3. The second kappa shape index (κ2) is 15.0. The van der Waals surface area contributed by atoms with Gasteiger partial charge in [0.1, 0.15) is 0 Å². The van der Waals surface area contributed by atoms with Gasteiger partial charge in [0.2, 0.25) is 17.7 Å². The fraction of sp³-hybridized carbons (Fsp3) is 0.581. The van der Waals surface area contributed by atoms with Crippen LogP contribution in [0.1, 0.15) is 64.5 Å². The van der Waals surface area contributed by atoms with E-state index in [1.54, 1.807) is 4.90 Å². The van der Waals surface area contributed by atoms with E-state index in [0.717, 1.165) is 30.4 Å². The van der Waals surface area contributed by atoms with Crippen LogP contribution in [-0.2, 0) is 20.8 Å². The molecule has 0 aliphatic heterocycles. The van der Waals surface area contributed by atoms with Crippen molar-refractivity contribution in [2.75, 3.05) is 26.2 Å². The number of carbonyl (C=O) groups is 3. The third-order valence-corrected chi connectivity index (χ3v) is 7.47. The molecule has 0 saturated carbocycles. The number of nitrogens with zero attached hydrogens (tertiary/aromatic N) is 1. The van der Waals surface area contributed by atoms with E-state index in [2.05, 4.69) is 19.2 Å². The summed E-state index contributed by atoms with van der Waals surface area (Å²) in [4.78, 5) is 41.3. The second-order valence-corrected chi connectivity index (χ2v) is 11.3. The van der Waals surface area contributed by atoms with Gasteiger partial charge in [-0.05, 0) is 63.1 Å². The molecule has 1 aromatic carbocycles. The molecule has 8 nitrogen and oxygen atoms in total. The van der Waals surface area contributed by atoms with Gasteiger partial charge >= 0.3 is 0 Å². The molecule has 3 amide bonds. The standard InChI is InChI=1S/C31H48N4O4/c1-6-14-35(15-7-2)29(38)25-17-24(28(32)37)18-31(19-25,30(33)39)26(16-23-10-8-22(5)9-11-23)27(36)20-34-13-12-21(3)4/h8-11,17-18,21,26-27,34,36H,6-7,12-16,19-20H2,1-5H3,(H2,32,37)(H2,33,39)/t26-,27+,31?/m1/s1. The highest BCUT2D eigenvalue weighted by Gasteiger charge is 2.49. The molecule has 6 N–H and O–H groups in total. The lowest BCUT2D eigenvalue weighted by atomic mass is 9.63. The first-order chi connectivity index (χ1) is 18.4. The number of aryl methyl sites for hydroxylation is 1. The summed E-state index contributed by atoms with van der Waals surface area (Å²) in [5, 5.41) is 14.9. The van der Waals surface area contributed by atoms with Crippen molar-refractivity contribution in [3.05, 3.63) is 58.7 Å². The number of aliphatic hydroxyl groups excluding tert-OH is 1. The third-order valence-electron chi connectivity index (χ3n) is 7.47. The molecule has 0 bridgehead atoms. The molecule has 2 rings (SSSR count). The number of aliphatic hydroxyl groups is 1. The topological polar surface area (TPSA) is 139 Å². The van der Waals surface area contributed by atoms with E-state index in [-0.39, 0.29) is 24.4 Å². The molecule has 0 aromatic heterocycles. The highest BCUT2D eigenvalue weighted by molar-refractivity contribution is 6.03. The van der Waals surface area contributed by atoms with Crippen molar-refractivity contribution in [3.63, 3.8) is 0 Å². The van der Waals surface area contributed by atoms with Gasteiger partial charge in [-0.3, -0.25) is 14.4 Å². The molecule has 1 unspecified atom stereocenters. The Kier molecular flexibility index (Phi) is 12.4. The zero-order valence-corrected chi connectivity index (χ0v) is 24.3. The molecule has 1 aliphatic carbocycles. The first-order valence-corrected chi connectivity index (χ1v) is 14.2. The summed E-state index contributed by atoms with van der Waals surface area (Å²) in [7, 11) is 0. The summed E-state index contributed by atoms with van der Waals surface area (Å²) in [6, 6.07) is 7.88. The quantitative estimate of drug-likeness (QED) is 0.239. The summed E-state index contributed by atoms with van der Waals surface area (Å²) < 4.78 is 0. The highest BCUT2D eigenvalue weighted by atomic mass is 16.3. The lowest BCUT2D eigenvalue weighted by Crippen LogP contribution is -2.52. The lowest BCUT2D eigenvalue weighted by molar-refractivity contribution is -0.132. The maximum absolute atomic E-state index is 13.7. The molecule has 216 valence electrons. The monoisotopic (exact) mass is 540 g/mol. The molecule has 0 radical (unpaired) electrons. The molecule has 1 aliphatic rings. The Labute approximate surface area is 233 Å². The zero-order chi connectivity index (χ0) is 29.2. The van der Waals surface area contributed by atoms with Gasteiger partial charge in [-0.2, -0.15) is 0 Å². The Morgan fingerprint density at radius 3 is 2.21 bits per heavy atom. The number of nitrogens with two attached hydrogens (primary N) is 2. The lowest BCUT2D eigenvalue weighted by Gasteiger charge is -2.42. The van der Waals surface area contributed by atoms with Crippen LogP contribution in [0, 0.1) is 24.2 Å². The summed E-state index contributed by atoms with van der Waals surface area (Å²) >= 11 is 0. The Balaban J connectivity index is 2.58. The molecule has 0 spiro atoms. The number of hydrogen-bond donors (Lipinski definition) is 4. The SMILES string of the molecule is CCCN(CCC)C(=O)C1=CC(C(N)=O)=CC(C(N)=O)([C@H](Cc2ccc(C)cc2)[C@@H](O)CNCCC(C)C)C1. The van der Waals surface area contributed by atoms with E-state index in [9.17, 15) is 19.5 Å². The first kappa shape index (κ1) is 32.2. The van der Waals surface area contributed by atoms with E-state index < -0.39 is 29.3 Å². The predicted octanol–water partition coefficient (Wildman–Crippen LogP) is 3.01. The van der Waals surface area contributed by atoms with E-state index >= 15 is 0 Å². The van der Waals surface area contributed by atoms with E-state index in [4.69, 9.17) is 11.5 Å². The summed E-state index contributed by atoms with van der Waals surface area (Å²) in [5.41, 5.74) is 12.7. The molecular formula is C31H48N4O4. The van der Waals surface area contributed by atoms with E-state index in [1.165, 1.54) is 12.2 Å². The van der Waals surface area contributed by atoms with Gasteiger partial charge in [0.15, 0.2) is 0 Å². The zero-order valence-electron chi connectivity index (χ0n) is 24.3. The van der Waals surface area contributed by atoms with Gasteiger partial charge in [-0.25, -0.2) is 0 Å². The van der Waals surface area contributed by atoms with Crippen LogP contribution >= 0.6 is 0 Å². The molecule has 0 fully saturated rings. The summed E-state index contributed by atoms with van der Waals surface area (Å²) in [5.74, 6) is -1.89. The predicted molar refractivity (Wildman–Crippen MR) is 155 cm³/mol. The number of rotatable bonds is 16. The molecule has 39 heavy (non-hydrogen) atoms. The van der Waals surface area contributed by atoms with Gasteiger partial charge in [-0.15, -0.1) is 0 Å². The highest BCUT2D eigenvalue weighted by Crippen LogP contribution is 2.44. The van der Waals surface area contributed by atoms with Gasteiger partial charge in [-0.1, -0.05) is 63.6 Å². The fourth-order valence-corrected chi connectivity index (χ4v) is 5.26. The van der Waals surface area contributed by atoms with E-state index in [0.29, 0.717) is 37.5 Å². The van der Waals surface area contributed by atoms with Crippen molar-refractivity contribution >= 4 is 17.7 Å². The average Bonchev–Trinajstić information content (AvgIpc) is 2.89. The van der Waals surface area contributed by atoms with Crippen LogP contribution in [0.15, 0.2) is 47.6 Å². The van der Waals surface area contributed by atoms with Crippen molar-refractivity contribution in [2.45, 2.75) is 72.8 Å². The Bertz CT molecular complexity index is 1040. The van der Waals surface area contributed by atoms with Crippen molar-refractivity contribution in [3.8, 4) is 0 Å².